The monoisotopic (exact) mass is 837 g/mol. The zero-order valence-electron chi connectivity index (χ0n) is 36.0. The number of Topliss-reactive ketones (excluding diaryl/α,β-unsaturated/α-hetero) is 1. The molecular formula is C44H59N3O13. The number of phenols is 2. The van der Waals surface area contributed by atoms with Crippen LogP contribution < -0.4 is 15.0 Å². The van der Waals surface area contributed by atoms with Gasteiger partial charge in [-0.2, -0.15) is 0 Å². The Balaban J connectivity index is 1.68. The van der Waals surface area contributed by atoms with E-state index < -0.39 is 83.4 Å². The minimum absolute atomic E-state index is 0.0273. The van der Waals surface area contributed by atoms with E-state index in [2.05, 4.69) is 5.32 Å². The summed E-state index contributed by atoms with van der Waals surface area (Å²) in [6, 6.07) is 1.52. The maximum atomic E-state index is 14.6. The maximum Gasteiger partial charge on any atom is 0.409 e. The van der Waals surface area contributed by atoms with Gasteiger partial charge < -0.3 is 59.2 Å². The van der Waals surface area contributed by atoms with E-state index in [1.54, 1.807) is 58.6 Å². The summed E-state index contributed by atoms with van der Waals surface area (Å²) in [7, 11) is 1.45. The Morgan fingerprint density at radius 3 is 2.23 bits per heavy atom. The van der Waals surface area contributed by atoms with Gasteiger partial charge in [-0.05, 0) is 32.9 Å². The van der Waals surface area contributed by atoms with Gasteiger partial charge in [0.15, 0.2) is 5.75 Å². The van der Waals surface area contributed by atoms with Gasteiger partial charge in [-0.1, -0.05) is 45.9 Å². The zero-order chi connectivity index (χ0) is 44.4. The van der Waals surface area contributed by atoms with Crippen LogP contribution in [0.5, 0.6) is 17.2 Å². The molecule has 1 fully saturated rings. The number of esters is 1. The molecule has 4 heterocycles. The minimum atomic E-state index is -1.97. The van der Waals surface area contributed by atoms with Gasteiger partial charge in [-0.25, -0.2) is 4.79 Å². The molecule has 0 unspecified atom stereocenters. The highest BCUT2D eigenvalue weighted by atomic mass is 16.7. The van der Waals surface area contributed by atoms with E-state index in [9.17, 15) is 39.6 Å². The Hall–Kier alpha value is -5.32. The molecule has 0 saturated carbocycles. The summed E-state index contributed by atoms with van der Waals surface area (Å²) in [6.45, 7) is 15.7. The zero-order valence-corrected chi connectivity index (χ0v) is 36.0. The van der Waals surface area contributed by atoms with Crippen LogP contribution in [0, 0.1) is 30.6 Å². The first-order chi connectivity index (χ1) is 28.3. The summed E-state index contributed by atoms with van der Waals surface area (Å²) in [5.74, 6) is -7.04. The molecule has 0 radical (unpaired) electrons. The van der Waals surface area contributed by atoms with Gasteiger partial charge in [-0.3, -0.25) is 14.4 Å². The standard InChI is InChI=1S/C44H59N3O13/c1-11-57-43(55)47-18-16-46(17-19-47)30-21-29-38(52)33-32(30)34-40(27(7)37(33)51)60-44(9,41(34)53)58-20-15-31(56-10)24(4)39(59-28(8)48)26(6)36(50)25(5)35(49)22(2)13-12-14-23(3)42(54)45-29/h12-15,20-22,24-26,31,35-36,39,49-52H,11,16-19H2,1-10H3,(H,45,54)/b13-12+,20-15+,23-14-/t22-,24+,25+,26-,31+,35+,36+,39+,44+/m1/s1. The Labute approximate surface area is 350 Å². The number of piperazine rings is 1. The van der Waals surface area contributed by atoms with Crippen molar-refractivity contribution in [2.24, 2.45) is 23.7 Å². The normalized spacial score (nSPS) is 31.2. The lowest BCUT2D eigenvalue weighted by molar-refractivity contribution is -0.160. The van der Waals surface area contributed by atoms with Crippen molar-refractivity contribution in [3.8, 4) is 17.2 Å². The first-order valence-corrected chi connectivity index (χ1v) is 20.3. The number of benzene rings is 2. The Morgan fingerprint density at radius 1 is 0.950 bits per heavy atom. The quantitative estimate of drug-likeness (QED) is 0.195. The van der Waals surface area contributed by atoms with Gasteiger partial charge in [0.1, 0.15) is 17.6 Å². The van der Waals surface area contributed by atoms with Gasteiger partial charge >= 0.3 is 17.8 Å². The third-order valence-electron chi connectivity index (χ3n) is 12.0. The molecule has 2 aromatic carbocycles. The number of nitrogens with zero attached hydrogens (tertiary/aromatic N) is 2. The number of carbonyl (C=O) groups is 4. The van der Waals surface area contributed by atoms with Crippen molar-refractivity contribution in [3.05, 3.63) is 53.3 Å². The molecule has 0 spiro atoms. The molecule has 4 aliphatic heterocycles. The van der Waals surface area contributed by atoms with E-state index >= 15 is 0 Å². The lowest BCUT2D eigenvalue weighted by Crippen LogP contribution is -2.49. The maximum absolute atomic E-state index is 14.6. The summed E-state index contributed by atoms with van der Waals surface area (Å²) in [6.07, 6.45) is 3.33. The summed E-state index contributed by atoms with van der Waals surface area (Å²) >= 11 is 0. The number of phenolic OH excluding ortho intramolecular Hbond substituents is 2. The van der Waals surface area contributed by atoms with Crippen molar-refractivity contribution >= 4 is 45.9 Å². The smallest absolute Gasteiger partial charge is 0.409 e. The molecule has 60 heavy (non-hydrogen) atoms. The molecule has 2 aromatic rings. The number of carbonyl (C=O) groups excluding carboxylic acids is 4. The first-order valence-electron chi connectivity index (χ1n) is 20.3. The Morgan fingerprint density at radius 2 is 1.62 bits per heavy atom. The van der Waals surface area contributed by atoms with Crippen LogP contribution in [-0.2, 0) is 28.5 Å². The molecule has 1 saturated heterocycles. The average molecular weight is 838 g/mol. The van der Waals surface area contributed by atoms with Crippen LogP contribution in [0.3, 0.4) is 0 Å². The highest BCUT2D eigenvalue weighted by molar-refractivity contribution is 6.23. The molecule has 6 rings (SSSR count). The van der Waals surface area contributed by atoms with Gasteiger partial charge in [-0.15, -0.1) is 0 Å². The number of methoxy groups -OCH3 is 1. The van der Waals surface area contributed by atoms with E-state index in [-0.39, 0.29) is 77.4 Å². The SMILES string of the molecule is CCOC(=O)N1CCN(c2cc3c(O)c4c(O)c(C)c5c(c24)C(=O)[C@@](C)(O/C=C/[C@H](OC)[C@H](C)[C@H](OC(C)=O)[C@H](C)[C@@H](O)[C@@H](C)[C@@H](O)[C@H](C)/C=C/C=C(/C)C(=O)N3)O5)CC1. The molecule has 5 N–H and O–H groups in total. The summed E-state index contributed by atoms with van der Waals surface area (Å²) in [4.78, 5) is 56.7. The van der Waals surface area contributed by atoms with E-state index in [1.807, 2.05) is 4.90 Å². The number of ketones is 1. The van der Waals surface area contributed by atoms with Crippen LogP contribution >= 0.6 is 0 Å². The second kappa shape index (κ2) is 18.5. The number of rotatable bonds is 4. The highest BCUT2D eigenvalue weighted by Crippen LogP contribution is 2.54. The van der Waals surface area contributed by atoms with Crippen LogP contribution in [0.25, 0.3) is 10.8 Å². The van der Waals surface area contributed by atoms with Gasteiger partial charge in [0, 0.05) is 93.0 Å². The van der Waals surface area contributed by atoms with Crippen molar-refractivity contribution in [1.29, 1.82) is 0 Å². The molecular weight excluding hydrogens is 778 g/mol. The predicted octanol–water partition coefficient (Wildman–Crippen LogP) is 5.33. The largest absolute Gasteiger partial charge is 0.507 e. The van der Waals surface area contributed by atoms with Crippen LogP contribution in [0.2, 0.25) is 0 Å². The van der Waals surface area contributed by atoms with E-state index in [4.69, 9.17) is 23.7 Å². The van der Waals surface area contributed by atoms with Crippen molar-refractivity contribution < 1.29 is 63.3 Å². The number of anilines is 2. The molecule has 16 nitrogen and oxygen atoms in total. The average Bonchev–Trinajstić information content (AvgIpc) is 3.48. The topological polar surface area (TPSA) is 214 Å². The number of hydrogen-bond acceptors (Lipinski definition) is 14. The van der Waals surface area contributed by atoms with Crippen molar-refractivity contribution in [3.63, 3.8) is 0 Å². The molecule has 16 heteroatoms. The molecule has 5 bridgehead atoms. The lowest BCUT2D eigenvalue weighted by atomic mass is 9.78. The van der Waals surface area contributed by atoms with Crippen molar-refractivity contribution in [2.75, 3.05) is 50.1 Å². The number of allylic oxidation sites excluding steroid dienone is 2. The molecule has 2 amide bonds. The van der Waals surface area contributed by atoms with Crippen LogP contribution in [-0.4, -0.2) is 119 Å². The van der Waals surface area contributed by atoms with Gasteiger partial charge in [0.2, 0.25) is 0 Å². The minimum Gasteiger partial charge on any atom is -0.507 e. The van der Waals surface area contributed by atoms with Gasteiger partial charge in [0.05, 0.1) is 47.8 Å². The second-order valence-corrected chi connectivity index (χ2v) is 16.1. The predicted molar refractivity (Wildman–Crippen MR) is 223 cm³/mol. The number of aliphatic hydroxyl groups is 2. The van der Waals surface area contributed by atoms with E-state index in [0.717, 1.165) is 0 Å². The van der Waals surface area contributed by atoms with E-state index in [0.29, 0.717) is 5.69 Å². The molecule has 9 atom stereocenters. The number of amides is 2. The summed E-state index contributed by atoms with van der Waals surface area (Å²) < 4.78 is 29.1. The van der Waals surface area contributed by atoms with Crippen molar-refractivity contribution in [2.45, 2.75) is 92.5 Å². The molecule has 0 aromatic heterocycles. The fourth-order valence-electron chi connectivity index (χ4n) is 8.24. The molecule has 328 valence electrons. The van der Waals surface area contributed by atoms with Crippen LogP contribution in [0.15, 0.2) is 42.2 Å². The summed E-state index contributed by atoms with van der Waals surface area (Å²) in [5.41, 5.74) is 0.730. The molecule has 4 aliphatic rings. The lowest BCUT2D eigenvalue weighted by Gasteiger charge is -2.38. The number of nitrogens with one attached hydrogen (secondary N) is 1. The highest BCUT2D eigenvalue weighted by Gasteiger charge is 2.50. The van der Waals surface area contributed by atoms with Gasteiger partial charge in [0.25, 0.3) is 11.7 Å². The fourth-order valence-corrected chi connectivity index (χ4v) is 8.24. The number of ether oxygens (including phenoxy) is 5. The number of hydrogen-bond donors (Lipinski definition) is 5. The van der Waals surface area contributed by atoms with Crippen LogP contribution in [0.4, 0.5) is 16.2 Å². The third-order valence-corrected chi connectivity index (χ3v) is 12.0. The Kier molecular flexibility index (Phi) is 14.1. The second-order valence-electron chi connectivity index (χ2n) is 16.1. The molecule has 0 aliphatic carbocycles. The third kappa shape index (κ3) is 8.91. The fraction of sp³-hybridized carbons (Fsp3) is 0.545. The summed E-state index contributed by atoms with van der Waals surface area (Å²) in [5, 5.41) is 49.3. The van der Waals surface area contributed by atoms with Crippen molar-refractivity contribution in [1.82, 2.24) is 4.90 Å². The van der Waals surface area contributed by atoms with E-state index in [1.165, 1.54) is 52.4 Å². The number of aliphatic hydroxyl groups excluding tert-OH is 2. The number of aromatic hydroxyl groups is 2. The number of fused-ring (bicyclic) bond motifs is 14. The Bertz CT molecular complexity index is 2070. The first kappa shape index (κ1) is 45.8. The van der Waals surface area contributed by atoms with Crippen LogP contribution in [0.1, 0.15) is 71.3 Å².